The number of hydrogen-bond donors (Lipinski definition) is 2. The molecule has 10 heteroatoms. The lowest BCUT2D eigenvalue weighted by Gasteiger charge is -2.35. The van der Waals surface area contributed by atoms with Gasteiger partial charge in [0.2, 0.25) is 5.91 Å². The molecule has 25 heavy (non-hydrogen) atoms. The number of likely N-dealkylation sites (N-methyl/N-ethyl adjacent to an activating group) is 1. The predicted molar refractivity (Wildman–Crippen MR) is 100 cm³/mol. The number of hydrogen-bond acceptors (Lipinski definition) is 4. The van der Waals surface area contributed by atoms with Gasteiger partial charge >= 0.3 is 0 Å². The van der Waals surface area contributed by atoms with Crippen molar-refractivity contribution in [3.8, 4) is 0 Å². The zero-order valence-electron chi connectivity index (χ0n) is 13.1. The maximum atomic E-state index is 12.7. The Morgan fingerprint density at radius 1 is 1.32 bits per heavy atom. The number of rotatable bonds is 3. The van der Waals surface area contributed by atoms with E-state index in [1.807, 2.05) is 17.5 Å². The highest BCUT2D eigenvalue weighted by Gasteiger charge is 2.40. The first-order valence-electron chi connectivity index (χ1n) is 7.32. The van der Waals surface area contributed by atoms with Crippen LogP contribution in [0.3, 0.4) is 0 Å². The van der Waals surface area contributed by atoms with Crippen molar-refractivity contribution in [1.82, 2.24) is 9.03 Å². The summed E-state index contributed by atoms with van der Waals surface area (Å²) in [6.07, 6.45) is 0.316. The molecule has 1 aromatic heterocycles. The van der Waals surface area contributed by atoms with Crippen molar-refractivity contribution in [2.45, 2.75) is 18.5 Å². The fourth-order valence-electron chi connectivity index (χ4n) is 2.64. The second-order valence-corrected chi connectivity index (χ2v) is 9.22. The van der Waals surface area contributed by atoms with Crippen molar-refractivity contribution in [3.63, 3.8) is 0 Å². The minimum Gasteiger partial charge on any atom is -0.325 e. The van der Waals surface area contributed by atoms with Gasteiger partial charge in [0.1, 0.15) is 6.04 Å². The average molecular weight is 420 g/mol. The van der Waals surface area contributed by atoms with Crippen molar-refractivity contribution in [1.29, 1.82) is 0 Å². The topological polar surface area (TPSA) is 78.5 Å². The Kier molecular flexibility index (Phi) is 5.38. The van der Waals surface area contributed by atoms with E-state index in [0.29, 0.717) is 22.2 Å². The number of carbonyl (C=O) groups is 1. The molecule has 6 nitrogen and oxygen atoms in total. The molecule has 0 radical (unpaired) electrons. The molecule has 1 aliphatic heterocycles. The van der Waals surface area contributed by atoms with E-state index in [-0.39, 0.29) is 0 Å². The minimum absolute atomic E-state index is 0.316. The Morgan fingerprint density at radius 3 is 2.60 bits per heavy atom. The van der Waals surface area contributed by atoms with Crippen molar-refractivity contribution in [2.24, 2.45) is 0 Å². The van der Waals surface area contributed by atoms with Crippen molar-refractivity contribution < 1.29 is 13.2 Å². The highest BCUT2D eigenvalue weighted by atomic mass is 35.5. The van der Waals surface area contributed by atoms with Crippen LogP contribution in [0, 0.1) is 0 Å². The lowest BCUT2D eigenvalue weighted by Crippen LogP contribution is -2.55. The second-order valence-electron chi connectivity index (χ2n) is 5.61. The molecule has 0 bridgehead atoms. The molecule has 1 aliphatic rings. The van der Waals surface area contributed by atoms with Gasteiger partial charge in [-0.25, -0.2) is 0 Å². The first-order chi connectivity index (χ1) is 11.8. The van der Waals surface area contributed by atoms with Crippen molar-refractivity contribution in [3.05, 3.63) is 50.6 Å². The molecule has 0 unspecified atom stereocenters. The van der Waals surface area contributed by atoms with Crippen LogP contribution < -0.4 is 10.0 Å². The standard InChI is InChI=1S/C15H15Cl2N3O3S2/c1-20-13(15(21)18-11-6-9(16)5-10(17)7-11)8-12(19-25(20,22)23)14-3-2-4-24-14/h2-7,12-13,19H,8H2,1H3,(H,18,21)/t12-,13+/m1/s1. The third kappa shape index (κ3) is 4.16. The molecule has 1 saturated heterocycles. The lowest BCUT2D eigenvalue weighted by atomic mass is 10.1. The van der Waals surface area contributed by atoms with Crippen LogP contribution in [0.15, 0.2) is 35.7 Å². The highest BCUT2D eigenvalue weighted by Crippen LogP contribution is 2.31. The fraction of sp³-hybridized carbons (Fsp3) is 0.267. The quantitative estimate of drug-likeness (QED) is 0.800. The van der Waals surface area contributed by atoms with Gasteiger partial charge in [-0.1, -0.05) is 29.3 Å². The molecule has 1 amide bonds. The van der Waals surface area contributed by atoms with Crippen LogP contribution in [0.5, 0.6) is 0 Å². The summed E-state index contributed by atoms with van der Waals surface area (Å²) >= 11 is 13.3. The monoisotopic (exact) mass is 419 g/mol. The predicted octanol–water partition coefficient (Wildman–Crippen LogP) is 3.27. The number of nitrogens with zero attached hydrogens (tertiary/aromatic N) is 1. The average Bonchev–Trinajstić information content (AvgIpc) is 3.02. The molecule has 2 heterocycles. The van der Waals surface area contributed by atoms with Crippen LogP contribution >= 0.6 is 34.5 Å². The van der Waals surface area contributed by atoms with Gasteiger partial charge in [0.05, 0.1) is 6.04 Å². The Morgan fingerprint density at radius 2 is 2.00 bits per heavy atom. The van der Waals surface area contributed by atoms with Crippen molar-refractivity contribution in [2.75, 3.05) is 12.4 Å². The second kappa shape index (κ2) is 7.22. The highest BCUT2D eigenvalue weighted by molar-refractivity contribution is 7.87. The molecule has 134 valence electrons. The van der Waals surface area contributed by atoms with Gasteiger partial charge in [-0.15, -0.1) is 11.3 Å². The number of halogens is 2. The van der Waals surface area contributed by atoms with Gasteiger partial charge in [0.15, 0.2) is 0 Å². The third-order valence-electron chi connectivity index (χ3n) is 3.89. The summed E-state index contributed by atoms with van der Waals surface area (Å²) in [5, 5.41) is 5.32. The maximum absolute atomic E-state index is 12.7. The normalized spacial score (nSPS) is 23.3. The van der Waals surface area contributed by atoms with Crippen LogP contribution in [-0.4, -0.2) is 31.7 Å². The Bertz CT molecular complexity index is 867. The van der Waals surface area contributed by atoms with Gasteiger partial charge in [-0.05, 0) is 36.1 Å². The summed E-state index contributed by atoms with van der Waals surface area (Å²) in [6.45, 7) is 0. The van der Waals surface area contributed by atoms with Crippen LogP contribution in [-0.2, 0) is 15.0 Å². The number of thiophene rings is 1. The SMILES string of the molecule is CN1[C@H](C(=O)Nc2cc(Cl)cc(Cl)c2)C[C@H](c2cccs2)NS1(=O)=O. The number of nitrogens with one attached hydrogen (secondary N) is 2. The Labute approximate surface area is 159 Å². The molecule has 1 aromatic carbocycles. The molecule has 2 N–H and O–H groups in total. The van der Waals surface area contributed by atoms with Crippen molar-refractivity contribution >= 4 is 56.3 Å². The maximum Gasteiger partial charge on any atom is 0.280 e. The minimum atomic E-state index is -3.76. The van der Waals surface area contributed by atoms with Crippen LogP contribution in [0.4, 0.5) is 5.69 Å². The summed E-state index contributed by atoms with van der Waals surface area (Å²) in [4.78, 5) is 13.5. The first-order valence-corrected chi connectivity index (χ1v) is 10.4. The van der Waals surface area contributed by atoms with Crippen LogP contribution in [0.1, 0.15) is 17.3 Å². The van der Waals surface area contributed by atoms with E-state index in [1.165, 1.54) is 18.4 Å². The molecule has 2 aromatic rings. The van der Waals surface area contributed by atoms with E-state index in [0.717, 1.165) is 9.18 Å². The lowest BCUT2D eigenvalue weighted by molar-refractivity contribution is -0.120. The molecule has 0 saturated carbocycles. The summed E-state index contributed by atoms with van der Waals surface area (Å²) in [5.74, 6) is -0.438. The first kappa shape index (κ1) is 18.6. The molecular weight excluding hydrogens is 405 g/mol. The summed E-state index contributed by atoms with van der Waals surface area (Å²) in [7, 11) is -2.39. The van der Waals surface area contributed by atoms with Crippen LogP contribution in [0.2, 0.25) is 10.0 Å². The molecule has 3 rings (SSSR count). The smallest absolute Gasteiger partial charge is 0.280 e. The molecular formula is C15H15Cl2N3O3S2. The number of carbonyl (C=O) groups excluding carboxylic acids is 1. The van der Waals surface area contributed by atoms with Gasteiger partial charge < -0.3 is 5.32 Å². The molecule has 0 spiro atoms. The van der Waals surface area contributed by atoms with E-state index in [2.05, 4.69) is 10.0 Å². The van der Waals surface area contributed by atoms with Gasteiger partial charge in [-0.3, -0.25) is 4.79 Å². The fourth-order valence-corrected chi connectivity index (χ4v) is 5.30. The van der Waals surface area contributed by atoms with E-state index in [1.54, 1.807) is 18.2 Å². The Hall–Kier alpha value is -1.16. The zero-order chi connectivity index (χ0) is 18.2. The summed E-state index contributed by atoms with van der Waals surface area (Å²) < 4.78 is 28.4. The number of benzene rings is 1. The van der Waals surface area contributed by atoms with E-state index >= 15 is 0 Å². The Balaban J connectivity index is 1.84. The van der Waals surface area contributed by atoms with Gasteiger partial charge in [-0.2, -0.15) is 17.4 Å². The van der Waals surface area contributed by atoms with Gasteiger partial charge in [0, 0.05) is 27.7 Å². The molecule has 0 aliphatic carbocycles. The van der Waals surface area contributed by atoms with E-state index in [9.17, 15) is 13.2 Å². The number of anilines is 1. The summed E-state index contributed by atoms with van der Waals surface area (Å²) in [5.41, 5.74) is 0.416. The van der Waals surface area contributed by atoms with Gasteiger partial charge in [0.25, 0.3) is 10.2 Å². The van der Waals surface area contributed by atoms with E-state index < -0.39 is 28.2 Å². The third-order valence-corrected chi connectivity index (χ3v) is 6.91. The molecule has 1 fully saturated rings. The van der Waals surface area contributed by atoms with E-state index in [4.69, 9.17) is 23.2 Å². The zero-order valence-corrected chi connectivity index (χ0v) is 16.2. The van der Waals surface area contributed by atoms with Crippen LogP contribution in [0.25, 0.3) is 0 Å². The largest absolute Gasteiger partial charge is 0.325 e. The number of amides is 1. The summed E-state index contributed by atoms with van der Waals surface area (Å²) in [6, 6.07) is 7.04. The molecule has 2 atom stereocenters.